The maximum absolute atomic E-state index is 6.17. The third kappa shape index (κ3) is 4.36. The molecule has 2 aromatic rings. The molecule has 21 heavy (non-hydrogen) atoms. The van der Waals surface area contributed by atoms with Crippen LogP contribution in [0.1, 0.15) is 37.9 Å². The Morgan fingerprint density at radius 2 is 2.05 bits per heavy atom. The number of aromatic nitrogens is 1. The van der Waals surface area contributed by atoms with Crippen molar-refractivity contribution in [1.29, 1.82) is 0 Å². The minimum atomic E-state index is 0.361. The normalized spacial score (nSPS) is 10.7. The fourth-order valence-electron chi connectivity index (χ4n) is 1.98. The summed E-state index contributed by atoms with van der Waals surface area (Å²) in [5.74, 6) is 2.14. The number of nitrogens with one attached hydrogen (secondary N) is 1. The van der Waals surface area contributed by atoms with Crippen molar-refractivity contribution >= 4 is 17.4 Å². The van der Waals surface area contributed by atoms with Gasteiger partial charge in [-0.2, -0.15) is 0 Å². The Kier molecular flexibility index (Phi) is 5.45. The van der Waals surface area contributed by atoms with E-state index >= 15 is 0 Å². The van der Waals surface area contributed by atoms with Gasteiger partial charge in [0.2, 0.25) is 0 Å². The Labute approximate surface area is 131 Å². The molecule has 0 spiro atoms. The average Bonchev–Trinajstić information content (AvgIpc) is 2.48. The van der Waals surface area contributed by atoms with E-state index in [1.54, 1.807) is 0 Å². The summed E-state index contributed by atoms with van der Waals surface area (Å²) >= 11 is 6.17. The average molecular weight is 305 g/mol. The number of nitrogens with zero attached hydrogens (tertiary/aromatic N) is 1. The van der Waals surface area contributed by atoms with Gasteiger partial charge in [0.25, 0.3) is 0 Å². The molecule has 0 unspecified atom stereocenters. The number of rotatable bonds is 6. The Morgan fingerprint density at radius 1 is 1.24 bits per heavy atom. The second kappa shape index (κ2) is 7.32. The second-order valence-corrected chi connectivity index (χ2v) is 5.58. The van der Waals surface area contributed by atoms with Crippen molar-refractivity contribution in [3.8, 4) is 5.75 Å². The van der Waals surface area contributed by atoms with Crippen LogP contribution in [-0.2, 0) is 6.61 Å². The van der Waals surface area contributed by atoms with Crippen molar-refractivity contribution in [2.45, 2.75) is 33.3 Å². The van der Waals surface area contributed by atoms with Crippen molar-refractivity contribution < 1.29 is 4.74 Å². The number of hydrogen-bond acceptors (Lipinski definition) is 3. The van der Waals surface area contributed by atoms with E-state index in [0.29, 0.717) is 17.5 Å². The Morgan fingerprint density at radius 3 is 2.76 bits per heavy atom. The zero-order valence-corrected chi connectivity index (χ0v) is 13.4. The predicted molar refractivity (Wildman–Crippen MR) is 88.3 cm³/mol. The van der Waals surface area contributed by atoms with Gasteiger partial charge in [0.05, 0.1) is 10.7 Å². The van der Waals surface area contributed by atoms with Crippen molar-refractivity contribution in [3.63, 3.8) is 0 Å². The summed E-state index contributed by atoms with van der Waals surface area (Å²) in [6.07, 6.45) is 0. The lowest BCUT2D eigenvalue weighted by Crippen LogP contribution is -2.04. The number of pyridine rings is 1. The molecule has 4 heteroatoms. The molecule has 0 fully saturated rings. The van der Waals surface area contributed by atoms with Crippen LogP contribution in [0.5, 0.6) is 5.75 Å². The van der Waals surface area contributed by atoms with E-state index in [4.69, 9.17) is 16.3 Å². The largest absolute Gasteiger partial charge is 0.487 e. The lowest BCUT2D eigenvalue weighted by Gasteiger charge is -2.11. The fourth-order valence-corrected chi connectivity index (χ4v) is 2.14. The molecule has 3 nitrogen and oxygen atoms in total. The van der Waals surface area contributed by atoms with Crippen LogP contribution in [0.2, 0.25) is 5.02 Å². The first-order chi connectivity index (χ1) is 10.1. The van der Waals surface area contributed by atoms with Gasteiger partial charge in [0.15, 0.2) is 0 Å². The van der Waals surface area contributed by atoms with E-state index in [2.05, 4.69) is 36.3 Å². The van der Waals surface area contributed by atoms with Crippen molar-refractivity contribution in [2.24, 2.45) is 0 Å². The van der Waals surface area contributed by atoms with Crippen LogP contribution in [-0.4, -0.2) is 11.5 Å². The van der Waals surface area contributed by atoms with Gasteiger partial charge in [0, 0.05) is 6.54 Å². The van der Waals surface area contributed by atoms with E-state index in [-0.39, 0.29) is 0 Å². The number of anilines is 1. The molecule has 0 saturated heterocycles. The predicted octanol–water partition coefficient (Wildman–Crippen LogP) is 4.87. The van der Waals surface area contributed by atoms with Crippen molar-refractivity contribution in [2.75, 3.05) is 11.9 Å². The molecule has 0 radical (unpaired) electrons. The Balaban J connectivity index is 2.09. The summed E-state index contributed by atoms with van der Waals surface area (Å²) in [5, 5.41) is 3.79. The highest BCUT2D eigenvalue weighted by molar-refractivity contribution is 6.31. The van der Waals surface area contributed by atoms with Gasteiger partial charge in [-0.1, -0.05) is 37.6 Å². The van der Waals surface area contributed by atoms with Crippen LogP contribution in [0, 0.1) is 0 Å². The van der Waals surface area contributed by atoms with Crippen LogP contribution >= 0.6 is 11.6 Å². The van der Waals surface area contributed by atoms with Crippen molar-refractivity contribution in [1.82, 2.24) is 4.98 Å². The first-order valence-electron chi connectivity index (χ1n) is 7.22. The zero-order chi connectivity index (χ0) is 15.2. The molecule has 0 bridgehead atoms. The van der Waals surface area contributed by atoms with Gasteiger partial charge >= 0.3 is 0 Å². The van der Waals surface area contributed by atoms with E-state index in [1.165, 1.54) is 5.56 Å². The molecule has 1 N–H and O–H groups in total. The molecule has 0 atom stereocenters. The lowest BCUT2D eigenvalue weighted by atomic mass is 10.0. The van der Waals surface area contributed by atoms with Crippen LogP contribution < -0.4 is 10.1 Å². The third-order valence-electron chi connectivity index (χ3n) is 3.18. The molecule has 0 saturated carbocycles. The number of benzene rings is 1. The molecular formula is C17H21ClN2O. The quantitative estimate of drug-likeness (QED) is 0.826. The summed E-state index contributed by atoms with van der Waals surface area (Å²) in [4.78, 5) is 4.47. The molecule has 0 aliphatic carbocycles. The number of hydrogen-bond donors (Lipinski definition) is 1. The summed E-state index contributed by atoms with van der Waals surface area (Å²) in [5.41, 5.74) is 2.00. The van der Waals surface area contributed by atoms with E-state index in [9.17, 15) is 0 Å². The topological polar surface area (TPSA) is 34.1 Å². The maximum atomic E-state index is 6.17. The van der Waals surface area contributed by atoms with Gasteiger partial charge in [-0.25, -0.2) is 4.98 Å². The molecule has 1 aromatic heterocycles. The van der Waals surface area contributed by atoms with Crippen molar-refractivity contribution in [3.05, 3.63) is 52.7 Å². The Hall–Kier alpha value is -1.74. The van der Waals surface area contributed by atoms with Gasteiger partial charge < -0.3 is 10.1 Å². The van der Waals surface area contributed by atoms with Gasteiger partial charge in [-0.15, -0.1) is 0 Å². The Bertz CT molecular complexity index is 599. The molecule has 0 aliphatic rings. The SMILES string of the molecule is CCNc1ccc(Cl)c(COc2cccc(C(C)C)c2)n1. The van der Waals surface area contributed by atoms with Gasteiger partial charge in [0.1, 0.15) is 18.2 Å². The first-order valence-corrected chi connectivity index (χ1v) is 7.60. The number of halogens is 1. The fraction of sp³-hybridized carbons (Fsp3) is 0.353. The highest BCUT2D eigenvalue weighted by Gasteiger charge is 2.06. The van der Waals surface area contributed by atoms with E-state index in [1.807, 2.05) is 31.2 Å². The summed E-state index contributed by atoms with van der Waals surface area (Å²) in [7, 11) is 0. The monoisotopic (exact) mass is 304 g/mol. The molecule has 0 aliphatic heterocycles. The zero-order valence-electron chi connectivity index (χ0n) is 12.7. The third-order valence-corrected chi connectivity index (χ3v) is 3.52. The lowest BCUT2D eigenvalue weighted by molar-refractivity contribution is 0.301. The molecular weight excluding hydrogens is 284 g/mol. The van der Waals surface area contributed by atoms with Gasteiger partial charge in [-0.3, -0.25) is 0 Å². The standard InChI is InChI=1S/C17H21ClN2O/c1-4-19-17-9-8-15(18)16(20-17)11-21-14-7-5-6-13(10-14)12(2)3/h5-10,12H,4,11H2,1-3H3,(H,19,20). The summed E-state index contributed by atoms with van der Waals surface area (Å²) < 4.78 is 5.82. The van der Waals surface area contributed by atoms with E-state index < -0.39 is 0 Å². The highest BCUT2D eigenvalue weighted by atomic mass is 35.5. The smallest absolute Gasteiger partial charge is 0.132 e. The second-order valence-electron chi connectivity index (χ2n) is 5.17. The summed E-state index contributed by atoms with van der Waals surface area (Å²) in [6, 6.07) is 11.8. The van der Waals surface area contributed by atoms with Gasteiger partial charge in [-0.05, 0) is 42.7 Å². The van der Waals surface area contributed by atoms with Crippen LogP contribution in [0.4, 0.5) is 5.82 Å². The van der Waals surface area contributed by atoms with Crippen LogP contribution in [0.3, 0.4) is 0 Å². The minimum absolute atomic E-state index is 0.361. The molecule has 2 rings (SSSR count). The van der Waals surface area contributed by atoms with Crippen LogP contribution in [0.25, 0.3) is 0 Å². The minimum Gasteiger partial charge on any atom is -0.487 e. The number of ether oxygens (including phenoxy) is 1. The molecule has 1 heterocycles. The molecule has 112 valence electrons. The van der Waals surface area contributed by atoms with Crippen LogP contribution in [0.15, 0.2) is 36.4 Å². The highest BCUT2D eigenvalue weighted by Crippen LogP contribution is 2.22. The molecule has 1 aromatic carbocycles. The first kappa shape index (κ1) is 15.6. The maximum Gasteiger partial charge on any atom is 0.132 e. The van der Waals surface area contributed by atoms with E-state index in [0.717, 1.165) is 23.8 Å². The summed E-state index contributed by atoms with van der Waals surface area (Å²) in [6.45, 7) is 7.55. The molecule has 0 amide bonds.